The summed E-state index contributed by atoms with van der Waals surface area (Å²) < 4.78 is 11.7. The second kappa shape index (κ2) is 13.3. The van der Waals surface area contributed by atoms with Crippen molar-refractivity contribution in [1.82, 2.24) is 10.3 Å². The molecule has 1 unspecified atom stereocenters. The Labute approximate surface area is 219 Å². The predicted octanol–water partition coefficient (Wildman–Crippen LogP) is 4.47. The second-order valence-electron chi connectivity index (χ2n) is 9.32. The summed E-state index contributed by atoms with van der Waals surface area (Å²) in [5, 5.41) is 17.6. The Morgan fingerprint density at radius 3 is 2.38 bits per heavy atom. The summed E-state index contributed by atoms with van der Waals surface area (Å²) in [4.78, 5) is 16.5. The van der Waals surface area contributed by atoms with Gasteiger partial charge in [-0.1, -0.05) is 32.9 Å². The van der Waals surface area contributed by atoms with E-state index < -0.39 is 5.91 Å². The number of aromatic nitrogens is 1. The summed E-state index contributed by atoms with van der Waals surface area (Å²) in [6.45, 7) is 11.9. The highest BCUT2D eigenvalue weighted by atomic mass is 16.5. The van der Waals surface area contributed by atoms with Gasteiger partial charge in [-0.2, -0.15) is 0 Å². The molecule has 0 aliphatic rings. The van der Waals surface area contributed by atoms with Gasteiger partial charge in [-0.25, -0.2) is 0 Å². The predicted molar refractivity (Wildman–Crippen MR) is 149 cm³/mol. The minimum atomic E-state index is -0.433. The summed E-state index contributed by atoms with van der Waals surface area (Å²) in [5.41, 5.74) is 11.0. The van der Waals surface area contributed by atoms with Crippen molar-refractivity contribution in [1.29, 1.82) is 0 Å². The third kappa shape index (κ3) is 6.90. The largest absolute Gasteiger partial charge is 0.490 e. The molecular formula is C29H40N4O4. The number of carbonyl (C=O) groups is 1. The van der Waals surface area contributed by atoms with E-state index in [-0.39, 0.29) is 19.1 Å². The zero-order valence-electron chi connectivity index (χ0n) is 22.6. The topological polar surface area (TPSA) is 119 Å². The summed E-state index contributed by atoms with van der Waals surface area (Å²) in [7, 11) is 0. The number of rotatable bonds is 14. The number of hydrogen-bond acceptors (Lipinski definition) is 7. The molecule has 5 N–H and O–H groups in total. The fraction of sp³-hybridized carbons (Fsp3) is 0.448. The van der Waals surface area contributed by atoms with Gasteiger partial charge in [0.15, 0.2) is 11.5 Å². The Balaban J connectivity index is 2.11. The number of nitrogens with zero attached hydrogens (tertiary/aromatic N) is 1. The number of carbonyl (C=O) groups excluding carboxylic acids is 1. The van der Waals surface area contributed by atoms with Crippen molar-refractivity contribution < 1.29 is 19.4 Å². The number of benzene rings is 2. The molecule has 1 atom stereocenters. The molecule has 0 aliphatic carbocycles. The molecule has 1 aromatic heterocycles. The van der Waals surface area contributed by atoms with Crippen molar-refractivity contribution in [3.8, 4) is 11.5 Å². The molecule has 0 saturated carbocycles. The summed E-state index contributed by atoms with van der Waals surface area (Å²) in [5.74, 6) is 1.13. The summed E-state index contributed by atoms with van der Waals surface area (Å²) in [6.07, 6.45) is 2.55. The smallest absolute Gasteiger partial charge is 0.221 e. The first-order valence-corrected chi connectivity index (χ1v) is 13.0. The lowest BCUT2D eigenvalue weighted by Gasteiger charge is -2.23. The van der Waals surface area contributed by atoms with Crippen LogP contribution in [0.3, 0.4) is 0 Å². The van der Waals surface area contributed by atoms with Gasteiger partial charge in [-0.05, 0) is 49.4 Å². The van der Waals surface area contributed by atoms with Gasteiger partial charge in [-0.15, -0.1) is 0 Å². The first-order valence-electron chi connectivity index (χ1n) is 13.0. The van der Waals surface area contributed by atoms with Gasteiger partial charge in [0, 0.05) is 41.5 Å². The molecule has 0 aliphatic heterocycles. The lowest BCUT2D eigenvalue weighted by atomic mass is 9.99. The maximum atomic E-state index is 11.9. The molecule has 0 spiro atoms. The van der Waals surface area contributed by atoms with Crippen molar-refractivity contribution >= 4 is 28.2 Å². The second-order valence-corrected chi connectivity index (χ2v) is 9.32. The van der Waals surface area contributed by atoms with Crippen LogP contribution in [0.4, 0.5) is 11.4 Å². The molecule has 0 bridgehead atoms. The first kappa shape index (κ1) is 28.2. The van der Waals surface area contributed by atoms with E-state index in [2.05, 4.69) is 42.5 Å². The van der Waals surface area contributed by atoms with Crippen LogP contribution in [-0.2, 0) is 24.2 Å². The maximum Gasteiger partial charge on any atom is 0.221 e. The number of fused-ring (bicyclic) bond motifs is 1. The molecule has 2 aromatic carbocycles. The van der Waals surface area contributed by atoms with Crippen LogP contribution in [0.1, 0.15) is 51.3 Å². The highest BCUT2D eigenvalue weighted by Crippen LogP contribution is 2.38. The van der Waals surface area contributed by atoms with Crippen molar-refractivity contribution in [2.45, 2.75) is 60.0 Å². The van der Waals surface area contributed by atoms with Crippen LogP contribution in [0, 0.1) is 5.92 Å². The minimum absolute atomic E-state index is 0.0177. The molecule has 8 nitrogen and oxygen atoms in total. The molecule has 3 rings (SSSR count). The Morgan fingerprint density at radius 2 is 1.78 bits per heavy atom. The lowest BCUT2D eigenvalue weighted by molar-refractivity contribution is -0.117. The van der Waals surface area contributed by atoms with E-state index in [0.29, 0.717) is 42.7 Å². The van der Waals surface area contributed by atoms with E-state index in [1.807, 2.05) is 38.1 Å². The van der Waals surface area contributed by atoms with Crippen molar-refractivity contribution in [2.24, 2.45) is 11.7 Å². The van der Waals surface area contributed by atoms with Gasteiger partial charge in [0.05, 0.1) is 37.4 Å². The standard InChI is InChI=1S/C29H40N4O4/c1-6-21-19(15-32-25(17-34)18(4)5)10-9-11-23(21)33-29-20(12-28(30)35)16-31-24-14-27(37-8-3)26(36-7-2)13-22(24)29/h9-11,13-14,16,18,25,32,34H,6-8,12,15,17H2,1-5H3,(H2,30,35)(H,31,33). The molecule has 0 fully saturated rings. The van der Waals surface area contributed by atoms with Gasteiger partial charge in [-0.3, -0.25) is 9.78 Å². The van der Waals surface area contributed by atoms with Gasteiger partial charge in [0.2, 0.25) is 5.91 Å². The number of aliphatic hydroxyl groups is 1. The molecule has 3 aromatic rings. The van der Waals surface area contributed by atoms with Crippen LogP contribution in [0.15, 0.2) is 36.5 Å². The van der Waals surface area contributed by atoms with Crippen molar-refractivity contribution in [2.75, 3.05) is 25.1 Å². The normalized spacial score (nSPS) is 12.1. The third-order valence-corrected chi connectivity index (χ3v) is 6.42. The molecule has 0 radical (unpaired) electrons. The van der Waals surface area contributed by atoms with Gasteiger partial charge < -0.3 is 30.9 Å². The van der Waals surface area contributed by atoms with Crippen molar-refractivity contribution in [3.05, 3.63) is 53.2 Å². The molecule has 200 valence electrons. The van der Waals surface area contributed by atoms with E-state index in [0.717, 1.165) is 39.8 Å². The number of primary amides is 1. The van der Waals surface area contributed by atoms with Crippen LogP contribution in [-0.4, -0.2) is 41.9 Å². The van der Waals surface area contributed by atoms with E-state index in [9.17, 15) is 9.90 Å². The van der Waals surface area contributed by atoms with Crippen LogP contribution in [0.2, 0.25) is 0 Å². The van der Waals surface area contributed by atoms with Crippen LogP contribution in [0.25, 0.3) is 10.9 Å². The zero-order chi connectivity index (χ0) is 26.9. The molecule has 0 saturated heterocycles. The van der Waals surface area contributed by atoms with Crippen LogP contribution >= 0.6 is 0 Å². The fourth-order valence-electron chi connectivity index (χ4n) is 4.47. The number of nitrogens with two attached hydrogens (primary N) is 1. The maximum absolute atomic E-state index is 11.9. The van der Waals surface area contributed by atoms with E-state index in [1.54, 1.807) is 6.20 Å². The summed E-state index contributed by atoms with van der Waals surface area (Å²) >= 11 is 0. The van der Waals surface area contributed by atoms with Crippen LogP contribution in [0.5, 0.6) is 11.5 Å². The third-order valence-electron chi connectivity index (χ3n) is 6.42. The minimum Gasteiger partial charge on any atom is -0.490 e. The lowest BCUT2D eigenvalue weighted by Crippen LogP contribution is -2.36. The van der Waals surface area contributed by atoms with E-state index in [4.69, 9.17) is 15.2 Å². The monoisotopic (exact) mass is 508 g/mol. The molecule has 1 amide bonds. The Hall–Kier alpha value is -3.36. The Kier molecular flexibility index (Phi) is 10.1. The van der Waals surface area contributed by atoms with Crippen LogP contribution < -0.4 is 25.8 Å². The molecule has 8 heteroatoms. The average Bonchev–Trinajstić information content (AvgIpc) is 2.86. The SMILES string of the molecule is CCOc1cc2ncc(CC(N)=O)c(Nc3cccc(CNC(CO)C(C)C)c3CC)c2cc1OCC. The molecule has 37 heavy (non-hydrogen) atoms. The Bertz CT molecular complexity index is 1210. The average molecular weight is 509 g/mol. The van der Waals surface area contributed by atoms with E-state index >= 15 is 0 Å². The highest BCUT2D eigenvalue weighted by molar-refractivity contribution is 5.98. The number of aliphatic hydroxyl groups excluding tert-OH is 1. The number of anilines is 2. The number of pyridine rings is 1. The fourth-order valence-corrected chi connectivity index (χ4v) is 4.47. The molecule has 1 heterocycles. The van der Waals surface area contributed by atoms with E-state index in [1.165, 1.54) is 0 Å². The number of amides is 1. The van der Waals surface area contributed by atoms with Gasteiger partial charge in [0.25, 0.3) is 0 Å². The first-order chi connectivity index (χ1) is 17.8. The van der Waals surface area contributed by atoms with Gasteiger partial charge in [0.1, 0.15) is 0 Å². The zero-order valence-corrected chi connectivity index (χ0v) is 22.6. The highest BCUT2D eigenvalue weighted by Gasteiger charge is 2.18. The summed E-state index contributed by atoms with van der Waals surface area (Å²) in [6, 6.07) is 9.94. The number of nitrogens with one attached hydrogen (secondary N) is 2. The number of hydrogen-bond donors (Lipinski definition) is 4. The van der Waals surface area contributed by atoms with Gasteiger partial charge >= 0.3 is 0 Å². The Morgan fingerprint density at radius 1 is 1.08 bits per heavy atom. The quantitative estimate of drug-likeness (QED) is 0.254. The molecular weight excluding hydrogens is 468 g/mol. The number of ether oxygens (including phenoxy) is 2. The van der Waals surface area contributed by atoms with Crippen molar-refractivity contribution in [3.63, 3.8) is 0 Å².